The van der Waals surface area contributed by atoms with E-state index in [0.29, 0.717) is 5.92 Å². The Balaban J connectivity index is 1.67. The Morgan fingerprint density at radius 2 is 2.11 bits per heavy atom. The van der Waals surface area contributed by atoms with Gasteiger partial charge in [-0.05, 0) is 37.9 Å². The van der Waals surface area contributed by atoms with E-state index in [1.165, 1.54) is 12.1 Å². The maximum Gasteiger partial charge on any atom is 0.191 e. The van der Waals surface area contributed by atoms with Crippen molar-refractivity contribution in [3.63, 3.8) is 0 Å². The summed E-state index contributed by atoms with van der Waals surface area (Å²) in [7, 11) is 5.58. The first kappa shape index (κ1) is 22.4. The SMILES string of the molecule is CN=C(NCCN(C)CCCOC)NCC1CCN(c2ccc(F)c(F)c2)C1. The van der Waals surface area contributed by atoms with Crippen molar-refractivity contribution in [2.24, 2.45) is 10.9 Å². The minimum absolute atomic E-state index is 0.434. The van der Waals surface area contributed by atoms with Gasteiger partial charge in [-0.1, -0.05) is 0 Å². The molecule has 8 heteroatoms. The molecule has 1 atom stereocenters. The van der Waals surface area contributed by atoms with E-state index in [0.717, 1.165) is 70.4 Å². The largest absolute Gasteiger partial charge is 0.385 e. The molecule has 1 aliphatic heterocycles. The molecule has 6 nitrogen and oxygen atoms in total. The van der Waals surface area contributed by atoms with E-state index in [-0.39, 0.29) is 0 Å². The van der Waals surface area contributed by atoms with Crippen molar-refractivity contribution < 1.29 is 13.5 Å². The second-order valence-corrected chi connectivity index (χ2v) is 7.23. The van der Waals surface area contributed by atoms with Crippen molar-refractivity contribution in [2.75, 3.05) is 72.0 Å². The molecule has 0 amide bonds. The number of hydrogen-bond donors (Lipinski definition) is 2. The summed E-state index contributed by atoms with van der Waals surface area (Å²) in [6.45, 7) is 5.98. The molecule has 0 bridgehead atoms. The Labute approximate surface area is 166 Å². The van der Waals surface area contributed by atoms with Gasteiger partial charge in [-0.3, -0.25) is 4.99 Å². The summed E-state index contributed by atoms with van der Waals surface area (Å²) < 4.78 is 31.6. The minimum atomic E-state index is -0.805. The van der Waals surface area contributed by atoms with E-state index < -0.39 is 11.6 Å². The van der Waals surface area contributed by atoms with Gasteiger partial charge in [-0.15, -0.1) is 0 Å². The fourth-order valence-corrected chi connectivity index (χ4v) is 3.33. The van der Waals surface area contributed by atoms with Crippen LogP contribution in [0, 0.1) is 17.6 Å². The fourth-order valence-electron chi connectivity index (χ4n) is 3.33. The highest BCUT2D eigenvalue weighted by Crippen LogP contribution is 2.24. The number of methoxy groups -OCH3 is 1. The van der Waals surface area contributed by atoms with Crippen molar-refractivity contribution in [1.82, 2.24) is 15.5 Å². The zero-order chi connectivity index (χ0) is 20.4. The number of nitrogens with one attached hydrogen (secondary N) is 2. The Kier molecular flexibility index (Phi) is 9.43. The standard InChI is InChI=1S/C20H33F2N5O/c1-23-20(24-8-11-26(2)9-4-12-28-3)25-14-16-7-10-27(15-16)17-5-6-18(21)19(22)13-17/h5-6,13,16H,4,7-12,14-15H2,1-3H3,(H2,23,24,25). The molecule has 0 spiro atoms. The molecule has 1 aliphatic rings. The molecular weight excluding hydrogens is 364 g/mol. The van der Waals surface area contributed by atoms with E-state index >= 15 is 0 Å². The van der Waals surface area contributed by atoms with Gasteiger partial charge in [0.05, 0.1) is 0 Å². The number of aliphatic imine (C=N–C) groups is 1. The first-order chi connectivity index (χ1) is 13.5. The van der Waals surface area contributed by atoms with Crippen LogP contribution in [0.3, 0.4) is 0 Å². The number of rotatable bonds is 10. The van der Waals surface area contributed by atoms with Crippen LogP contribution in [0.1, 0.15) is 12.8 Å². The predicted molar refractivity (Wildman–Crippen MR) is 110 cm³/mol. The van der Waals surface area contributed by atoms with Crippen LogP contribution in [0.15, 0.2) is 23.2 Å². The van der Waals surface area contributed by atoms with Crippen molar-refractivity contribution in [2.45, 2.75) is 12.8 Å². The number of benzene rings is 1. The summed E-state index contributed by atoms with van der Waals surface area (Å²) in [6.07, 6.45) is 2.03. The lowest BCUT2D eigenvalue weighted by atomic mass is 10.1. The molecule has 0 aromatic heterocycles. The average Bonchev–Trinajstić information content (AvgIpc) is 3.16. The number of halogens is 2. The normalized spacial score (nSPS) is 17.4. The van der Waals surface area contributed by atoms with Crippen LogP contribution in [0.5, 0.6) is 0 Å². The summed E-state index contributed by atoms with van der Waals surface area (Å²) >= 11 is 0. The third kappa shape index (κ3) is 7.24. The van der Waals surface area contributed by atoms with E-state index in [1.807, 2.05) is 0 Å². The maximum absolute atomic E-state index is 13.4. The number of guanidine groups is 1. The monoisotopic (exact) mass is 397 g/mol. The van der Waals surface area contributed by atoms with E-state index in [2.05, 4.69) is 32.5 Å². The van der Waals surface area contributed by atoms with Crippen LogP contribution in [0.25, 0.3) is 0 Å². The highest BCUT2D eigenvalue weighted by Gasteiger charge is 2.23. The Morgan fingerprint density at radius 3 is 2.82 bits per heavy atom. The number of likely N-dealkylation sites (N-methyl/N-ethyl adjacent to an activating group) is 1. The highest BCUT2D eigenvalue weighted by atomic mass is 19.2. The maximum atomic E-state index is 13.4. The zero-order valence-corrected chi connectivity index (χ0v) is 17.2. The van der Waals surface area contributed by atoms with E-state index in [9.17, 15) is 8.78 Å². The quantitative estimate of drug-likeness (QED) is 0.359. The van der Waals surface area contributed by atoms with Gasteiger partial charge in [0.2, 0.25) is 0 Å². The highest BCUT2D eigenvalue weighted by molar-refractivity contribution is 5.79. The first-order valence-corrected chi connectivity index (χ1v) is 9.85. The molecule has 1 saturated heterocycles. The molecule has 1 aromatic rings. The van der Waals surface area contributed by atoms with E-state index in [1.54, 1.807) is 20.2 Å². The lowest BCUT2D eigenvalue weighted by Crippen LogP contribution is -2.43. The summed E-state index contributed by atoms with van der Waals surface area (Å²) in [5, 5.41) is 6.70. The number of nitrogens with zero attached hydrogens (tertiary/aromatic N) is 3. The molecule has 1 heterocycles. The number of hydrogen-bond acceptors (Lipinski definition) is 4. The minimum Gasteiger partial charge on any atom is -0.385 e. The van der Waals surface area contributed by atoms with Crippen LogP contribution < -0.4 is 15.5 Å². The van der Waals surface area contributed by atoms with Crippen LogP contribution in [0.2, 0.25) is 0 Å². The Morgan fingerprint density at radius 1 is 1.29 bits per heavy atom. The Hall–Kier alpha value is -1.93. The molecule has 1 fully saturated rings. The topological polar surface area (TPSA) is 52.1 Å². The van der Waals surface area contributed by atoms with Gasteiger partial charge in [0, 0.05) is 71.8 Å². The molecule has 0 aliphatic carbocycles. The third-order valence-corrected chi connectivity index (χ3v) is 5.01. The molecule has 2 N–H and O–H groups in total. The molecule has 1 unspecified atom stereocenters. The lowest BCUT2D eigenvalue weighted by Gasteiger charge is -2.20. The van der Waals surface area contributed by atoms with Crippen molar-refractivity contribution >= 4 is 11.6 Å². The molecule has 0 saturated carbocycles. The molecular formula is C20H33F2N5O. The van der Waals surface area contributed by atoms with Gasteiger partial charge in [-0.2, -0.15) is 0 Å². The predicted octanol–water partition coefficient (Wildman–Crippen LogP) is 1.92. The lowest BCUT2D eigenvalue weighted by molar-refractivity contribution is 0.180. The fraction of sp³-hybridized carbons (Fsp3) is 0.650. The van der Waals surface area contributed by atoms with E-state index in [4.69, 9.17) is 4.74 Å². The first-order valence-electron chi connectivity index (χ1n) is 9.85. The molecule has 28 heavy (non-hydrogen) atoms. The summed E-state index contributed by atoms with van der Waals surface area (Å²) in [5.74, 6) is -0.379. The Bertz CT molecular complexity index is 629. The summed E-state index contributed by atoms with van der Waals surface area (Å²) in [4.78, 5) is 8.63. The van der Waals surface area contributed by atoms with Crippen LogP contribution >= 0.6 is 0 Å². The molecule has 0 radical (unpaired) electrons. The smallest absolute Gasteiger partial charge is 0.191 e. The second-order valence-electron chi connectivity index (χ2n) is 7.23. The zero-order valence-electron chi connectivity index (χ0n) is 17.2. The van der Waals surface area contributed by atoms with Gasteiger partial charge in [0.25, 0.3) is 0 Å². The van der Waals surface area contributed by atoms with Gasteiger partial charge in [0.1, 0.15) is 0 Å². The average molecular weight is 398 g/mol. The van der Waals surface area contributed by atoms with Crippen molar-refractivity contribution in [3.8, 4) is 0 Å². The number of ether oxygens (including phenoxy) is 1. The van der Waals surface area contributed by atoms with Crippen molar-refractivity contribution in [1.29, 1.82) is 0 Å². The second kappa shape index (κ2) is 11.8. The van der Waals surface area contributed by atoms with Crippen LogP contribution in [-0.4, -0.2) is 77.9 Å². The van der Waals surface area contributed by atoms with Crippen LogP contribution in [-0.2, 0) is 4.74 Å². The number of anilines is 1. The summed E-state index contributed by atoms with van der Waals surface area (Å²) in [6, 6.07) is 4.10. The van der Waals surface area contributed by atoms with Gasteiger partial charge < -0.3 is 25.2 Å². The molecule has 2 rings (SSSR count). The van der Waals surface area contributed by atoms with Crippen LogP contribution in [0.4, 0.5) is 14.5 Å². The molecule has 1 aromatic carbocycles. The third-order valence-electron chi connectivity index (χ3n) is 5.01. The van der Waals surface area contributed by atoms with Gasteiger partial charge >= 0.3 is 0 Å². The van der Waals surface area contributed by atoms with Gasteiger partial charge in [0.15, 0.2) is 17.6 Å². The molecule has 158 valence electrons. The van der Waals surface area contributed by atoms with Gasteiger partial charge in [-0.25, -0.2) is 8.78 Å². The summed E-state index contributed by atoms with van der Waals surface area (Å²) in [5.41, 5.74) is 0.736. The van der Waals surface area contributed by atoms with Crippen molar-refractivity contribution in [3.05, 3.63) is 29.8 Å².